The highest BCUT2D eigenvalue weighted by atomic mass is 15.1. The first-order valence-electron chi connectivity index (χ1n) is 7.01. The summed E-state index contributed by atoms with van der Waals surface area (Å²) in [6, 6.07) is 4.46. The number of nitrogen functional groups attached to an aromatic ring is 1. The summed E-state index contributed by atoms with van der Waals surface area (Å²) >= 11 is 0. The third kappa shape index (κ3) is 3.36. The molecule has 2 N–H and O–H groups in total. The van der Waals surface area contributed by atoms with E-state index in [1.807, 2.05) is 24.7 Å². The number of hydrogen-bond donors (Lipinski definition) is 1. The van der Waals surface area contributed by atoms with E-state index in [2.05, 4.69) is 40.3 Å². The van der Waals surface area contributed by atoms with Crippen LogP contribution in [0.3, 0.4) is 0 Å². The predicted molar refractivity (Wildman–Crippen MR) is 82.3 cm³/mol. The Morgan fingerprint density at radius 1 is 1.40 bits per heavy atom. The lowest BCUT2D eigenvalue weighted by molar-refractivity contribution is 0.265. The molecule has 20 heavy (non-hydrogen) atoms. The lowest BCUT2D eigenvalue weighted by atomic mass is 10.2. The van der Waals surface area contributed by atoms with Crippen LogP contribution in [0.5, 0.6) is 0 Å². The van der Waals surface area contributed by atoms with E-state index in [9.17, 15) is 0 Å². The van der Waals surface area contributed by atoms with Crippen molar-refractivity contribution in [3.05, 3.63) is 30.9 Å². The van der Waals surface area contributed by atoms with E-state index in [0.29, 0.717) is 11.9 Å². The van der Waals surface area contributed by atoms with Crippen molar-refractivity contribution in [2.24, 2.45) is 0 Å². The molecule has 0 amide bonds. The van der Waals surface area contributed by atoms with Crippen molar-refractivity contribution in [3.8, 4) is 11.3 Å². The average Bonchev–Trinajstić information content (AvgIpc) is 2.87. The molecule has 0 aromatic carbocycles. The van der Waals surface area contributed by atoms with E-state index < -0.39 is 0 Å². The van der Waals surface area contributed by atoms with Crippen molar-refractivity contribution in [1.29, 1.82) is 0 Å². The molecule has 0 fully saturated rings. The van der Waals surface area contributed by atoms with Crippen molar-refractivity contribution in [2.75, 3.05) is 19.3 Å². The third-order valence-electron chi connectivity index (χ3n) is 3.62. The number of aromatic nitrogens is 3. The maximum atomic E-state index is 5.94. The van der Waals surface area contributed by atoms with Gasteiger partial charge in [0.2, 0.25) is 0 Å². The monoisotopic (exact) mass is 273 g/mol. The first-order chi connectivity index (χ1) is 9.59. The summed E-state index contributed by atoms with van der Waals surface area (Å²) in [5.41, 5.74) is 7.91. The van der Waals surface area contributed by atoms with Gasteiger partial charge in [-0.25, -0.2) is 9.97 Å². The van der Waals surface area contributed by atoms with Gasteiger partial charge < -0.3 is 15.2 Å². The minimum atomic E-state index is 0.550. The second-order valence-corrected chi connectivity index (χ2v) is 5.34. The molecule has 2 rings (SSSR count). The van der Waals surface area contributed by atoms with Crippen LogP contribution >= 0.6 is 0 Å². The molecule has 0 radical (unpaired) electrons. The van der Waals surface area contributed by atoms with Crippen LogP contribution in [0.2, 0.25) is 0 Å². The van der Waals surface area contributed by atoms with Crippen molar-refractivity contribution in [3.63, 3.8) is 0 Å². The molecule has 5 nitrogen and oxygen atoms in total. The van der Waals surface area contributed by atoms with E-state index in [1.54, 1.807) is 6.20 Å². The molecule has 0 unspecified atom stereocenters. The topological polar surface area (TPSA) is 60.0 Å². The van der Waals surface area contributed by atoms with Gasteiger partial charge in [-0.05, 0) is 46.0 Å². The van der Waals surface area contributed by atoms with Gasteiger partial charge in [0.15, 0.2) is 0 Å². The Morgan fingerprint density at radius 3 is 2.90 bits per heavy atom. The Kier molecular flexibility index (Phi) is 4.74. The van der Waals surface area contributed by atoms with E-state index in [1.165, 1.54) is 0 Å². The maximum Gasteiger partial charge on any atom is 0.132 e. The van der Waals surface area contributed by atoms with Gasteiger partial charge in [-0.3, -0.25) is 0 Å². The van der Waals surface area contributed by atoms with Crippen LogP contribution in [0.25, 0.3) is 11.3 Å². The maximum absolute atomic E-state index is 5.94. The van der Waals surface area contributed by atoms with Crippen molar-refractivity contribution >= 4 is 5.82 Å². The van der Waals surface area contributed by atoms with Gasteiger partial charge in [-0.1, -0.05) is 0 Å². The molecule has 5 heteroatoms. The van der Waals surface area contributed by atoms with Crippen LogP contribution in [-0.2, 0) is 6.54 Å². The lowest BCUT2D eigenvalue weighted by Gasteiger charge is -2.21. The van der Waals surface area contributed by atoms with Crippen LogP contribution in [0.1, 0.15) is 20.3 Å². The lowest BCUT2D eigenvalue weighted by Crippen LogP contribution is -2.27. The Bertz CT molecular complexity index is 547. The summed E-state index contributed by atoms with van der Waals surface area (Å²) in [5.74, 6) is 0.550. The van der Waals surface area contributed by atoms with E-state index >= 15 is 0 Å². The third-order valence-corrected chi connectivity index (χ3v) is 3.62. The van der Waals surface area contributed by atoms with Crippen LogP contribution in [-0.4, -0.2) is 39.1 Å². The number of imidazole rings is 1. The fourth-order valence-corrected chi connectivity index (χ4v) is 2.11. The van der Waals surface area contributed by atoms with Crippen LogP contribution in [0.15, 0.2) is 30.9 Å². The highest BCUT2D eigenvalue weighted by Gasteiger charge is 2.09. The highest BCUT2D eigenvalue weighted by molar-refractivity contribution is 5.70. The normalized spacial score (nSPS) is 11.4. The zero-order valence-electron chi connectivity index (χ0n) is 12.5. The molecule has 0 atom stereocenters. The molecule has 0 aliphatic heterocycles. The molecule has 0 saturated heterocycles. The van der Waals surface area contributed by atoms with Crippen LogP contribution in [0.4, 0.5) is 5.82 Å². The smallest absolute Gasteiger partial charge is 0.132 e. The zero-order chi connectivity index (χ0) is 14.5. The molecular weight excluding hydrogens is 250 g/mol. The Balaban J connectivity index is 2.05. The van der Waals surface area contributed by atoms with Gasteiger partial charge in [0, 0.05) is 24.3 Å². The number of anilines is 1. The summed E-state index contributed by atoms with van der Waals surface area (Å²) in [6.07, 6.45) is 6.49. The fraction of sp³-hybridized carbons (Fsp3) is 0.467. The van der Waals surface area contributed by atoms with Crippen LogP contribution in [0, 0.1) is 0 Å². The molecule has 0 spiro atoms. The number of rotatable bonds is 6. The van der Waals surface area contributed by atoms with E-state index in [4.69, 9.17) is 5.73 Å². The van der Waals surface area contributed by atoms with Gasteiger partial charge >= 0.3 is 0 Å². The van der Waals surface area contributed by atoms with E-state index in [-0.39, 0.29) is 0 Å². The first-order valence-corrected chi connectivity index (χ1v) is 7.01. The Hall–Kier alpha value is -1.88. The van der Waals surface area contributed by atoms with Gasteiger partial charge in [-0.2, -0.15) is 0 Å². The minimum absolute atomic E-state index is 0.550. The van der Waals surface area contributed by atoms with Gasteiger partial charge in [0.25, 0.3) is 0 Å². The molecule has 0 aliphatic carbocycles. The number of aryl methyl sites for hydroxylation is 1. The molecule has 108 valence electrons. The Labute approximate surface area is 120 Å². The largest absolute Gasteiger partial charge is 0.383 e. The zero-order valence-corrected chi connectivity index (χ0v) is 12.5. The van der Waals surface area contributed by atoms with Crippen molar-refractivity contribution in [1.82, 2.24) is 19.4 Å². The summed E-state index contributed by atoms with van der Waals surface area (Å²) < 4.78 is 2.14. The van der Waals surface area contributed by atoms with Crippen molar-refractivity contribution in [2.45, 2.75) is 32.9 Å². The Morgan fingerprint density at radius 2 is 2.20 bits per heavy atom. The van der Waals surface area contributed by atoms with Gasteiger partial charge in [-0.15, -0.1) is 0 Å². The SMILES string of the molecule is CC(C)N(C)CCCn1cncc1-c1cccnc1N. The molecule has 0 aliphatic rings. The minimum Gasteiger partial charge on any atom is -0.383 e. The second kappa shape index (κ2) is 6.52. The summed E-state index contributed by atoms with van der Waals surface area (Å²) in [4.78, 5) is 10.7. The standard InChI is InChI=1S/C15H23N5/c1-12(2)19(3)8-5-9-20-11-17-10-14(20)13-6-4-7-18-15(13)16/h4,6-7,10-12H,5,8-9H2,1-3H3,(H2,16,18). The van der Waals surface area contributed by atoms with Gasteiger partial charge in [0.1, 0.15) is 5.82 Å². The average molecular weight is 273 g/mol. The quantitative estimate of drug-likeness (QED) is 0.877. The van der Waals surface area contributed by atoms with Gasteiger partial charge in [0.05, 0.1) is 18.2 Å². The van der Waals surface area contributed by atoms with Crippen LogP contribution < -0.4 is 5.73 Å². The number of nitrogens with zero attached hydrogens (tertiary/aromatic N) is 4. The summed E-state index contributed by atoms with van der Waals surface area (Å²) in [6.45, 7) is 6.41. The molecule has 2 aromatic heterocycles. The number of nitrogens with two attached hydrogens (primary N) is 1. The van der Waals surface area contributed by atoms with E-state index in [0.717, 1.165) is 30.8 Å². The second-order valence-electron chi connectivity index (χ2n) is 5.34. The highest BCUT2D eigenvalue weighted by Crippen LogP contribution is 2.23. The number of hydrogen-bond acceptors (Lipinski definition) is 4. The molecule has 2 heterocycles. The predicted octanol–water partition coefficient (Wildman–Crippen LogP) is 2.26. The summed E-state index contributed by atoms with van der Waals surface area (Å²) in [5, 5.41) is 0. The van der Waals surface area contributed by atoms with Crippen molar-refractivity contribution < 1.29 is 0 Å². The molecule has 0 saturated carbocycles. The number of pyridine rings is 1. The molecular formula is C15H23N5. The summed E-state index contributed by atoms with van der Waals surface area (Å²) in [7, 11) is 2.15. The fourth-order valence-electron chi connectivity index (χ4n) is 2.11. The first kappa shape index (κ1) is 14.5. The molecule has 0 bridgehead atoms. The molecule has 2 aromatic rings.